The molecule has 1 aliphatic carbocycles. The van der Waals surface area contributed by atoms with Crippen LogP contribution >= 0.6 is 0 Å². The molecule has 0 spiro atoms. The number of carboxylic acid groups (broad SMARTS) is 1. The Morgan fingerprint density at radius 3 is 2.19 bits per heavy atom. The lowest BCUT2D eigenvalue weighted by molar-refractivity contribution is -0.142. The van der Waals surface area contributed by atoms with Crippen molar-refractivity contribution in [2.24, 2.45) is 0 Å². The molecule has 1 heterocycles. The number of ether oxygens (including phenoxy) is 1. The molecule has 2 atom stereocenters. The number of rotatable bonds is 12. The van der Waals surface area contributed by atoms with E-state index < -0.39 is 30.1 Å². The number of hydrogen-bond acceptors (Lipinski definition) is 6. The maximum atomic E-state index is 13.3. The fraction of sp³-hybridized carbons (Fsp3) is 0.250. The molecule has 0 aliphatic heterocycles. The highest BCUT2D eigenvalue weighted by Gasteiger charge is 2.31. The van der Waals surface area contributed by atoms with Crippen LogP contribution in [0.15, 0.2) is 91.4 Å². The summed E-state index contributed by atoms with van der Waals surface area (Å²) in [6.45, 7) is 0.661. The Labute approximate surface area is 243 Å². The first kappa shape index (κ1) is 28.6. The zero-order valence-corrected chi connectivity index (χ0v) is 23.2. The number of aliphatic carboxylic acids is 1. The van der Waals surface area contributed by atoms with Crippen molar-refractivity contribution in [1.82, 2.24) is 25.5 Å². The lowest BCUT2D eigenvalue weighted by atomic mass is 9.98. The average Bonchev–Trinajstić information content (AvgIpc) is 3.62. The number of aromatic amines is 1. The van der Waals surface area contributed by atoms with Crippen LogP contribution in [0.25, 0.3) is 11.1 Å². The molecule has 4 N–H and O–H groups in total. The first-order valence-corrected chi connectivity index (χ1v) is 13.7. The Morgan fingerprint density at radius 1 is 0.929 bits per heavy atom. The number of fused-ring (bicyclic) bond motifs is 3. The number of nitrogens with zero attached hydrogens (tertiary/aromatic N) is 2. The number of alkyl carbamates (subject to hydrolysis) is 1. The molecule has 0 radical (unpaired) electrons. The summed E-state index contributed by atoms with van der Waals surface area (Å²) < 4.78 is 5.64. The van der Waals surface area contributed by atoms with Gasteiger partial charge in [0.2, 0.25) is 5.91 Å². The molecule has 216 valence electrons. The van der Waals surface area contributed by atoms with Crippen molar-refractivity contribution in [1.29, 1.82) is 0 Å². The third kappa shape index (κ3) is 6.84. The van der Waals surface area contributed by atoms with Gasteiger partial charge in [0, 0.05) is 37.3 Å². The summed E-state index contributed by atoms with van der Waals surface area (Å²) in [6, 6.07) is 23.4. The number of imidazole rings is 1. The Balaban J connectivity index is 1.24. The van der Waals surface area contributed by atoms with Crippen molar-refractivity contribution in [2.45, 2.75) is 31.0 Å². The first-order chi connectivity index (χ1) is 20.4. The first-order valence-electron chi connectivity index (χ1n) is 13.7. The maximum absolute atomic E-state index is 13.3. The van der Waals surface area contributed by atoms with Crippen LogP contribution in [0, 0.1) is 0 Å². The van der Waals surface area contributed by atoms with Crippen LogP contribution in [0.5, 0.6) is 0 Å². The van der Waals surface area contributed by atoms with Crippen molar-refractivity contribution in [3.8, 4) is 11.1 Å². The number of likely N-dealkylation sites (N-methyl/N-ethyl adjacent to an activating group) is 1. The number of H-pyrrole nitrogens is 1. The van der Waals surface area contributed by atoms with Crippen molar-refractivity contribution >= 4 is 18.0 Å². The molecule has 42 heavy (non-hydrogen) atoms. The molecule has 4 aromatic rings. The van der Waals surface area contributed by atoms with Gasteiger partial charge >= 0.3 is 12.1 Å². The quantitative estimate of drug-likeness (QED) is 0.206. The van der Waals surface area contributed by atoms with E-state index in [0.29, 0.717) is 12.2 Å². The third-order valence-electron chi connectivity index (χ3n) is 7.34. The van der Waals surface area contributed by atoms with Crippen LogP contribution in [-0.2, 0) is 27.3 Å². The van der Waals surface area contributed by atoms with Crippen LogP contribution in [-0.4, -0.2) is 70.2 Å². The van der Waals surface area contributed by atoms with Gasteiger partial charge in [-0.2, -0.15) is 0 Å². The van der Waals surface area contributed by atoms with Gasteiger partial charge in [-0.1, -0.05) is 78.9 Å². The lowest BCUT2D eigenvalue weighted by Crippen LogP contribution is -2.55. The van der Waals surface area contributed by atoms with Gasteiger partial charge in [-0.3, -0.25) is 9.69 Å². The van der Waals surface area contributed by atoms with E-state index in [1.807, 2.05) is 71.6 Å². The number of carbonyl (C=O) groups excluding carboxylic acids is 2. The van der Waals surface area contributed by atoms with Crippen molar-refractivity contribution in [3.63, 3.8) is 0 Å². The highest BCUT2D eigenvalue weighted by Crippen LogP contribution is 2.44. The molecule has 1 aliphatic rings. The van der Waals surface area contributed by atoms with E-state index in [-0.39, 0.29) is 25.5 Å². The molecule has 0 fully saturated rings. The molecule has 1 aromatic heterocycles. The largest absolute Gasteiger partial charge is 0.480 e. The molecule has 0 bridgehead atoms. The minimum absolute atomic E-state index is 0.0672. The molecule has 2 amide bonds. The Kier molecular flexibility index (Phi) is 8.93. The van der Waals surface area contributed by atoms with Gasteiger partial charge in [-0.05, 0) is 34.9 Å². The molecule has 2 unspecified atom stereocenters. The van der Waals surface area contributed by atoms with Crippen LogP contribution in [0.4, 0.5) is 4.79 Å². The summed E-state index contributed by atoms with van der Waals surface area (Å²) in [5, 5.41) is 15.1. The van der Waals surface area contributed by atoms with Crippen LogP contribution < -0.4 is 10.6 Å². The number of carbonyl (C=O) groups is 3. The second-order valence-corrected chi connectivity index (χ2v) is 10.4. The van der Waals surface area contributed by atoms with E-state index in [4.69, 9.17) is 4.74 Å². The molecular weight excluding hydrogens is 534 g/mol. The van der Waals surface area contributed by atoms with E-state index in [2.05, 4.69) is 32.7 Å². The SMILES string of the molecule is CN(Cc1ccccc1)CC(NC(=O)C(Cc1cnc[nH]1)NC(=O)OCC1c2ccccc2-c2ccccc21)C(=O)O. The molecule has 0 saturated heterocycles. The van der Waals surface area contributed by atoms with E-state index >= 15 is 0 Å². The fourth-order valence-electron chi connectivity index (χ4n) is 5.34. The van der Waals surface area contributed by atoms with Crippen molar-refractivity contribution < 1.29 is 24.2 Å². The number of amides is 2. The topological polar surface area (TPSA) is 137 Å². The highest BCUT2D eigenvalue weighted by atomic mass is 16.5. The molecule has 3 aromatic carbocycles. The second-order valence-electron chi connectivity index (χ2n) is 10.4. The number of aromatic nitrogens is 2. The number of benzene rings is 3. The maximum Gasteiger partial charge on any atom is 0.407 e. The van der Waals surface area contributed by atoms with Crippen LogP contribution in [0.1, 0.15) is 28.3 Å². The predicted molar refractivity (Wildman–Crippen MR) is 157 cm³/mol. The van der Waals surface area contributed by atoms with Crippen molar-refractivity contribution in [2.75, 3.05) is 20.2 Å². The fourth-order valence-corrected chi connectivity index (χ4v) is 5.34. The minimum atomic E-state index is -1.19. The highest BCUT2D eigenvalue weighted by molar-refractivity contribution is 5.89. The third-order valence-corrected chi connectivity index (χ3v) is 7.34. The van der Waals surface area contributed by atoms with Crippen LogP contribution in [0.3, 0.4) is 0 Å². The summed E-state index contributed by atoms with van der Waals surface area (Å²) in [4.78, 5) is 47.1. The molecule has 10 nitrogen and oxygen atoms in total. The van der Waals surface area contributed by atoms with E-state index in [9.17, 15) is 19.5 Å². The Morgan fingerprint density at radius 2 is 1.57 bits per heavy atom. The van der Waals surface area contributed by atoms with Gasteiger partial charge in [0.15, 0.2) is 0 Å². The van der Waals surface area contributed by atoms with Gasteiger partial charge in [0.1, 0.15) is 18.7 Å². The summed E-state index contributed by atoms with van der Waals surface area (Å²) >= 11 is 0. The van der Waals surface area contributed by atoms with Gasteiger partial charge < -0.3 is 25.5 Å². The summed E-state index contributed by atoms with van der Waals surface area (Å²) in [5.74, 6) is -1.96. The monoisotopic (exact) mass is 567 g/mol. The average molecular weight is 568 g/mol. The molecule has 0 saturated carbocycles. The number of hydrogen-bond donors (Lipinski definition) is 4. The van der Waals surface area contributed by atoms with E-state index in [1.54, 1.807) is 13.2 Å². The standard InChI is InChI=1S/C32H33N5O5/c1-37(17-21-9-3-2-4-10-21)18-29(31(39)40)35-30(38)28(15-22-16-33-20-34-22)36-32(41)42-19-27-25-13-7-5-11-23(25)24-12-6-8-14-26(24)27/h2-14,16,20,27-29H,15,17-19H2,1H3,(H,33,34)(H,35,38)(H,36,41)(H,39,40). The van der Waals surface area contributed by atoms with Crippen LogP contribution in [0.2, 0.25) is 0 Å². The van der Waals surface area contributed by atoms with Gasteiger partial charge in [-0.25, -0.2) is 14.6 Å². The Hall–Kier alpha value is -4.96. The molecular formula is C32H33N5O5. The number of nitrogens with one attached hydrogen (secondary N) is 3. The lowest BCUT2D eigenvalue weighted by Gasteiger charge is -2.25. The van der Waals surface area contributed by atoms with E-state index in [1.165, 1.54) is 6.33 Å². The van der Waals surface area contributed by atoms with Crippen molar-refractivity contribution in [3.05, 3.63) is 114 Å². The minimum Gasteiger partial charge on any atom is -0.480 e. The Bertz CT molecular complexity index is 1480. The summed E-state index contributed by atoms with van der Waals surface area (Å²) in [7, 11) is 1.78. The zero-order chi connectivity index (χ0) is 29.5. The zero-order valence-electron chi connectivity index (χ0n) is 23.2. The number of carboxylic acids is 1. The predicted octanol–water partition coefficient (Wildman–Crippen LogP) is 3.56. The van der Waals surface area contributed by atoms with E-state index in [0.717, 1.165) is 27.8 Å². The smallest absolute Gasteiger partial charge is 0.407 e. The molecule has 5 rings (SSSR count). The normalized spacial score (nSPS) is 13.6. The molecule has 10 heteroatoms. The second kappa shape index (κ2) is 13.1. The van der Waals surface area contributed by atoms with Gasteiger partial charge in [0.05, 0.1) is 6.33 Å². The van der Waals surface area contributed by atoms with Gasteiger partial charge in [0.25, 0.3) is 0 Å². The summed E-state index contributed by atoms with van der Waals surface area (Å²) in [6.07, 6.45) is 2.31. The summed E-state index contributed by atoms with van der Waals surface area (Å²) in [5.41, 5.74) is 5.97. The van der Waals surface area contributed by atoms with Gasteiger partial charge in [-0.15, -0.1) is 0 Å².